The third-order valence-corrected chi connectivity index (χ3v) is 4.05. The van der Waals surface area contributed by atoms with Gasteiger partial charge in [-0.25, -0.2) is 8.42 Å². The van der Waals surface area contributed by atoms with Gasteiger partial charge in [0.1, 0.15) is 12.4 Å². The second kappa shape index (κ2) is 5.18. The van der Waals surface area contributed by atoms with Crippen molar-refractivity contribution in [1.29, 1.82) is 0 Å². The number of fused-ring (bicyclic) bond motifs is 1. The lowest BCUT2D eigenvalue weighted by atomic mass is 10.1. The first-order chi connectivity index (χ1) is 8.93. The van der Waals surface area contributed by atoms with Crippen LogP contribution in [-0.4, -0.2) is 40.2 Å². The predicted octanol–water partition coefficient (Wildman–Crippen LogP) is 0.376. The molecule has 0 saturated heterocycles. The average molecular weight is 284 g/mol. The summed E-state index contributed by atoms with van der Waals surface area (Å²) < 4.78 is 30.1. The summed E-state index contributed by atoms with van der Waals surface area (Å²) in [5.41, 5.74) is 6.21. The molecule has 0 aliphatic carbocycles. The maximum absolute atomic E-state index is 11.8. The zero-order chi connectivity index (χ0) is 14.0. The van der Waals surface area contributed by atoms with Gasteiger partial charge in [-0.3, -0.25) is 9.10 Å². The van der Waals surface area contributed by atoms with Crippen molar-refractivity contribution in [2.75, 3.05) is 30.3 Å². The van der Waals surface area contributed by atoms with Crippen LogP contribution in [-0.2, 0) is 10.0 Å². The van der Waals surface area contributed by atoms with E-state index >= 15 is 0 Å². The molecule has 1 aliphatic heterocycles. The Bertz CT molecular complexity index is 598. The molecule has 1 aromatic rings. The molecule has 0 radical (unpaired) electrons. The van der Waals surface area contributed by atoms with E-state index < -0.39 is 10.0 Å². The van der Waals surface area contributed by atoms with E-state index in [-0.39, 0.29) is 25.3 Å². The van der Waals surface area contributed by atoms with Gasteiger partial charge in [0, 0.05) is 12.0 Å². The fourth-order valence-electron chi connectivity index (χ4n) is 1.99. The SMILES string of the molecule is CS(=O)(=O)N1CCOc2ccc(C(=O)CCN)cc21. The monoisotopic (exact) mass is 284 g/mol. The van der Waals surface area contributed by atoms with Crippen molar-refractivity contribution >= 4 is 21.5 Å². The molecule has 0 amide bonds. The topological polar surface area (TPSA) is 89.7 Å². The van der Waals surface area contributed by atoms with Gasteiger partial charge in [0.25, 0.3) is 0 Å². The maximum atomic E-state index is 11.8. The van der Waals surface area contributed by atoms with Crippen molar-refractivity contribution in [1.82, 2.24) is 0 Å². The number of ether oxygens (including phenoxy) is 1. The third kappa shape index (κ3) is 2.87. The van der Waals surface area contributed by atoms with Crippen molar-refractivity contribution in [3.63, 3.8) is 0 Å². The van der Waals surface area contributed by atoms with E-state index in [9.17, 15) is 13.2 Å². The van der Waals surface area contributed by atoms with E-state index in [0.29, 0.717) is 23.6 Å². The number of carbonyl (C=O) groups is 1. The van der Waals surface area contributed by atoms with Gasteiger partial charge in [0.15, 0.2) is 5.78 Å². The Kier molecular flexibility index (Phi) is 3.77. The number of sulfonamides is 1. The van der Waals surface area contributed by atoms with E-state index in [2.05, 4.69) is 0 Å². The van der Waals surface area contributed by atoms with E-state index in [4.69, 9.17) is 10.5 Å². The van der Waals surface area contributed by atoms with Gasteiger partial charge in [-0.1, -0.05) is 0 Å². The zero-order valence-electron chi connectivity index (χ0n) is 10.6. The van der Waals surface area contributed by atoms with E-state index in [1.165, 1.54) is 4.31 Å². The highest BCUT2D eigenvalue weighted by molar-refractivity contribution is 7.92. The van der Waals surface area contributed by atoms with Gasteiger partial charge in [0.05, 0.1) is 18.5 Å². The Morgan fingerprint density at radius 1 is 1.47 bits per heavy atom. The minimum absolute atomic E-state index is 0.107. The number of hydrogen-bond donors (Lipinski definition) is 1. The Morgan fingerprint density at radius 3 is 2.84 bits per heavy atom. The lowest BCUT2D eigenvalue weighted by molar-refractivity contribution is 0.0985. The van der Waals surface area contributed by atoms with Crippen LogP contribution in [0, 0.1) is 0 Å². The quantitative estimate of drug-likeness (QED) is 0.807. The molecule has 0 atom stereocenters. The number of nitrogens with two attached hydrogens (primary N) is 1. The van der Waals surface area contributed by atoms with Gasteiger partial charge >= 0.3 is 0 Å². The Hall–Kier alpha value is -1.60. The molecule has 0 bridgehead atoms. The summed E-state index contributed by atoms with van der Waals surface area (Å²) >= 11 is 0. The standard InChI is InChI=1S/C12H16N2O4S/c1-19(16,17)14-6-7-18-12-3-2-9(8-10(12)14)11(15)4-5-13/h2-3,8H,4-7,13H2,1H3. The van der Waals surface area contributed by atoms with Crippen molar-refractivity contribution in [3.8, 4) is 5.75 Å². The van der Waals surface area contributed by atoms with Crippen LogP contribution in [0.3, 0.4) is 0 Å². The van der Waals surface area contributed by atoms with Crippen LogP contribution in [0.25, 0.3) is 0 Å². The largest absolute Gasteiger partial charge is 0.489 e. The molecule has 7 heteroatoms. The first kappa shape index (κ1) is 13.8. The highest BCUT2D eigenvalue weighted by Gasteiger charge is 2.26. The number of hydrogen-bond acceptors (Lipinski definition) is 5. The number of carbonyl (C=O) groups excluding carboxylic acids is 1. The first-order valence-corrected chi connectivity index (χ1v) is 7.76. The van der Waals surface area contributed by atoms with Gasteiger partial charge in [-0.05, 0) is 24.7 Å². The van der Waals surface area contributed by atoms with Crippen LogP contribution in [0.15, 0.2) is 18.2 Å². The second-order valence-electron chi connectivity index (χ2n) is 4.33. The van der Waals surface area contributed by atoms with Crippen LogP contribution >= 0.6 is 0 Å². The van der Waals surface area contributed by atoms with Crippen molar-refractivity contribution in [2.45, 2.75) is 6.42 Å². The summed E-state index contributed by atoms with van der Waals surface area (Å²) in [4.78, 5) is 11.8. The molecule has 2 rings (SSSR count). The number of anilines is 1. The Morgan fingerprint density at radius 2 is 2.21 bits per heavy atom. The summed E-state index contributed by atoms with van der Waals surface area (Å²) in [6.45, 7) is 0.818. The number of benzene rings is 1. The summed E-state index contributed by atoms with van der Waals surface area (Å²) in [7, 11) is -3.38. The average Bonchev–Trinajstić information content (AvgIpc) is 2.36. The normalized spacial score (nSPS) is 14.7. The van der Waals surface area contributed by atoms with E-state index in [0.717, 1.165) is 6.26 Å². The lowest BCUT2D eigenvalue weighted by Crippen LogP contribution is -2.37. The van der Waals surface area contributed by atoms with Crippen molar-refractivity contribution in [2.24, 2.45) is 5.73 Å². The summed E-state index contributed by atoms with van der Waals surface area (Å²) in [5.74, 6) is 0.366. The molecule has 104 valence electrons. The van der Waals surface area contributed by atoms with Crippen LogP contribution in [0.2, 0.25) is 0 Å². The molecule has 6 nitrogen and oxygen atoms in total. The van der Waals surface area contributed by atoms with Crippen LogP contribution in [0.1, 0.15) is 16.8 Å². The maximum Gasteiger partial charge on any atom is 0.232 e. The molecule has 1 aromatic carbocycles. The highest BCUT2D eigenvalue weighted by Crippen LogP contribution is 2.34. The molecule has 1 heterocycles. The Labute approximate surface area is 112 Å². The van der Waals surface area contributed by atoms with Gasteiger partial charge in [0.2, 0.25) is 10.0 Å². The molecule has 0 spiro atoms. The number of ketones is 1. The summed E-state index contributed by atoms with van der Waals surface area (Å²) in [5, 5.41) is 0. The lowest BCUT2D eigenvalue weighted by Gasteiger charge is -2.29. The van der Waals surface area contributed by atoms with E-state index in [1.54, 1.807) is 18.2 Å². The van der Waals surface area contributed by atoms with Crippen molar-refractivity contribution < 1.29 is 17.9 Å². The number of Topliss-reactive ketones (excluding diaryl/α,β-unsaturated/α-hetero) is 1. The Balaban J connectivity index is 2.44. The van der Waals surface area contributed by atoms with Crippen LogP contribution in [0.4, 0.5) is 5.69 Å². The fourth-order valence-corrected chi connectivity index (χ4v) is 2.89. The minimum Gasteiger partial charge on any atom is -0.489 e. The van der Waals surface area contributed by atoms with Gasteiger partial charge in [-0.2, -0.15) is 0 Å². The molecule has 0 aromatic heterocycles. The molecule has 1 aliphatic rings. The van der Waals surface area contributed by atoms with Gasteiger partial charge < -0.3 is 10.5 Å². The van der Waals surface area contributed by atoms with Crippen molar-refractivity contribution in [3.05, 3.63) is 23.8 Å². The first-order valence-electron chi connectivity index (χ1n) is 5.91. The van der Waals surface area contributed by atoms with Crippen LogP contribution < -0.4 is 14.8 Å². The second-order valence-corrected chi connectivity index (χ2v) is 6.23. The molecule has 19 heavy (non-hydrogen) atoms. The summed E-state index contributed by atoms with van der Waals surface area (Å²) in [6, 6.07) is 4.80. The summed E-state index contributed by atoms with van der Waals surface area (Å²) in [6.07, 6.45) is 1.37. The zero-order valence-corrected chi connectivity index (χ0v) is 11.4. The van der Waals surface area contributed by atoms with Crippen LogP contribution in [0.5, 0.6) is 5.75 Å². The molecular formula is C12H16N2O4S. The molecule has 0 unspecified atom stereocenters. The number of rotatable bonds is 4. The molecular weight excluding hydrogens is 268 g/mol. The third-order valence-electron chi connectivity index (χ3n) is 2.87. The highest BCUT2D eigenvalue weighted by atomic mass is 32.2. The van der Waals surface area contributed by atoms with E-state index in [1.807, 2.05) is 0 Å². The fraction of sp³-hybridized carbons (Fsp3) is 0.417. The smallest absolute Gasteiger partial charge is 0.232 e. The van der Waals surface area contributed by atoms with Gasteiger partial charge in [-0.15, -0.1) is 0 Å². The molecule has 2 N–H and O–H groups in total. The number of nitrogens with zero attached hydrogens (tertiary/aromatic N) is 1. The molecule has 0 fully saturated rings. The molecule has 0 saturated carbocycles. The predicted molar refractivity (Wildman–Crippen MR) is 72.1 cm³/mol. The minimum atomic E-state index is -3.38.